The van der Waals surface area contributed by atoms with Gasteiger partial charge in [-0.05, 0) is 29.8 Å². The van der Waals surface area contributed by atoms with Crippen LogP contribution < -0.4 is 16.7 Å². The molecule has 31 heavy (non-hydrogen) atoms. The van der Waals surface area contributed by atoms with Crippen LogP contribution >= 0.6 is 0 Å². The molecule has 0 spiro atoms. The van der Waals surface area contributed by atoms with E-state index in [4.69, 9.17) is 5.73 Å². The van der Waals surface area contributed by atoms with Crippen molar-refractivity contribution in [3.05, 3.63) is 94.9 Å². The van der Waals surface area contributed by atoms with E-state index in [1.54, 1.807) is 54.6 Å². The number of hydrogen-bond donors (Lipinski definition) is 2. The molecule has 0 saturated heterocycles. The smallest absolute Gasteiger partial charge is 0.355 e. The molecular formula is C23H19FN6O. The van der Waals surface area contributed by atoms with Gasteiger partial charge in [-0.15, -0.1) is 5.10 Å². The van der Waals surface area contributed by atoms with Crippen molar-refractivity contribution in [3.8, 4) is 5.69 Å². The van der Waals surface area contributed by atoms with Gasteiger partial charge in [0.15, 0.2) is 5.82 Å². The topological polar surface area (TPSA) is 90.2 Å². The van der Waals surface area contributed by atoms with Crippen molar-refractivity contribution in [1.29, 1.82) is 0 Å². The summed E-state index contributed by atoms with van der Waals surface area (Å²) in [6.07, 6.45) is -1.19. The fraction of sp³-hybridized carbons (Fsp3) is 0.0870. The molecule has 0 aliphatic carbocycles. The van der Waals surface area contributed by atoms with Crippen molar-refractivity contribution in [2.75, 3.05) is 17.6 Å². The lowest BCUT2D eigenvalue weighted by atomic mass is 10.1. The van der Waals surface area contributed by atoms with Crippen LogP contribution in [0.3, 0.4) is 0 Å². The third-order valence-electron chi connectivity index (χ3n) is 5.13. The molecule has 0 aliphatic heterocycles. The fourth-order valence-corrected chi connectivity index (χ4v) is 3.61. The van der Waals surface area contributed by atoms with Gasteiger partial charge in [0.2, 0.25) is 5.65 Å². The molecule has 5 aromatic rings. The lowest BCUT2D eigenvalue weighted by molar-refractivity contribution is 0.361. The summed E-state index contributed by atoms with van der Waals surface area (Å²) in [6.45, 7) is 0.0565. The second-order valence-electron chi connectivity index (χ2n) is 7.12. The number of benzene rings is 3. The van der Waals surface area contributed by atoms with Crippen LogP contribution in [0.2, 0.25) is 0 Å². The first-order chi connectivity index (χ1) is 15.1. The number of fused-ring (bicyclic) bond motifs is 3. The van der Waals surface area contributed by atoms with Crippen molar-refractivity contribution in [2.24, 2.45) is 0 Å². The van der Waals surface area contributed by atoms with Crippen LogP contribution in [-0.2, 0) is 0 Å². The zero-order valence-electron chi connectivity index (χ0n) is 16.4. The molecule has 8 heteroatoms. The van der Waals surface area contributed by atoms with Crippen LogP contribution in [0.5, 0.6) is 0 Å². The Morgan fingerprint density at radius 2 is 1.68 bits per heavy atom. The number of aromatic nitrogens is 4. The minimum absolute atomic E-state index is 0.0565. The summed E-state index contributed by atoms with van der Waals surface area (Å²) >= 11 is 0. The van der Waals surface area contributed by atoms with Crippen molar-refractivity contribution >= 4 is 28.2 Å². The van der Waals surface area contributed by atoms with Gasteiger partial charge in [0, 0.05) is 0 Å². The predicted molar refractivity (Wildman–Crippen MR) is 119 cm³/mol. The Morgan fingerprint density at radius 3 is 2.42 bits per heavy atom. The number of rotatable bonds is 5. The SMILES string of the molecule is Nc1nc2c(NCC(F)c3ccccc3)cccc2n2c(=O)n(-c3ccccc3)nc12. The fourth-order valence-electron chi connectivity index (χ4n) is 3.61. The van der Waals surface area contributed by atoms with Crippen molar-refractivity contribution in [3.63, 3.8) is 0 Å². The quantitative estimate of drug-likeness (QED) is 0.457. The highest BCUT2D eigenvalue weighted by atomic mass is 19.1. The Morgan fingerprint density at radius 1 is 0.968 bits per heavy atom. The van der Waals surface area contributed by atoms with Crippen LogP contribution in [0.15, 0.2) is 83.7 Å². The van der Waals surface area contributed by atoms with Gasteiger partial charge in [-0.3, -0.25) is 0 Å². The lowest BCUT2D eigenvalue weighted by Crippen LogP contribution is -2.20. The van der Waals surface area contributed by atoms with Crippen molar-refractivity contribution in [1.82, 2.24) is 19.2 Å². The average Bonchev–Trinajstić information content (AvgIpc) is 3.17. The molecular weight excluding hydrogens is 395 g/mol. The van der Waals surface area contributed by atoms with E-state index in [2.05, 4.69) is 15.4 Å². The van der Waals surface area contributed by atoms with Gasteiger partial charge in [-0.2, -0.15) is 4.68 Å². The molecule has 2 aromatic heterocycles. The molecule has 1 unspecified atom stereocenters. The summed E-state index contributed by atoms with van der Waals surface area (Å²) in [7, 11) is 0. The van der Waals surface area contributed by atoms with Crippen molar-refractivity contribution in [2.45, 2.75) is 6.17 Å². The number of hydrogen-bond acceptors (Lipinski definition) is 5. The van der Waals surface area contributed by atoms with E-state index in [-0.39, 0.29) is 23.7 Å². The standard InChI is InChI=1S/C23H19FN6O/c24-17(15-8-3-1-4-9-15)14-26-18-12-7-13-19-20(18)27-21(25)22-28-30(23(31)29(19)22)16-10-5-2-6-11-16/h1-13,17,26H,14H2,(H2,25,27). The van der Waals surface area contributed by atoms with E-state index < -0.39 is 6.17 Å². The Balaban J connectivity index is 1.59. The van der Waals surface area contributed by atoms with Crippen molar-refractivity contribution < 1.29 is 4.39 Å². The normalized spacial score (nSPS) is 12.3. The number of nitrogen functional groups attached to an aromatic ring is 1. The zero-order valence-corrected chi connectivity index (χ0v) is 16.4. The van der Waals surface area contributed by atoms with Gasteiger partial charge in [0.25, 0.3) is 0 Å². The molecule has 0 amide bonds. The van der Waals surface area contributed by atoms with Gasteiger partial charge in [-0.25, -0.2) is 18.6 Å². The minimum atomic E-state index is -1.19. The predicted octanol–water partition coefficient (Wildman–Crippen LogP) is 3.74. The number of anilines is 2. The molecule has 0 radical (unpaired) electrons. The maximum absolute atomic E-state index is 14.6. The van der Waals surface area contributed by atoms with Crippen LogP contribution in [0.25, 0.3) is 22.4 Å². The number of halogens is 1. The van der Waals surface area contributed by atoms with Gasteiger partial charge < -0.3 is 11.1 Å². The maximum atomic E-state index is 14.6. The molecule has 7 nitrogen and oxygen atoms in total. The lowest BCUT2D eigenvalue weighted by Gasteiger charge is -2.13. The number of para-hydroxylation sites is 2. The van der Waals surface area contributed by atoms with Gasteiger partial charge in [0.1, 0.15) is 11.7 Å². The van der Waals surface area contributed by atoms with Crippen LogP contribution in [0.1, 0.15) is 11.7 Å². The molecule has 0 saturated carbocycles. The summed E-state index contributed by atoms with van der Waals surface area (Å²) < 4.78 is 17.4. The molecule has 0 fully saturated rings. The van der Waals surface area contributed by atoms with E-state index in [0.717, 1.165) is 0 Å². The molecule has 0 aliphatic rings. The molecule has 5 rings (SSSR count). The third-order valence-corrected chi connectivity index (χ3v) is 5.13. The highest BCUT2D eigenvalue weighted by molar-refractivity contribution is 5.91. The maximum Gasteiger partial charge on any atom is 0.355 e. The summed E-state index contributed by atoms with van der Waals surface area (Å²) in [5, 5.41) is 7.48. The first-order valence-electron chi connectivity index (χ1n) is 9.82. The number of nitrogens with one attached hydrogen (secondary N) is 1. The molecule has 3 N–H and O–H groups in total. The van der Waals surface area contributed by atoms with E-state index in [9.17, 15) is 9.18 Å². The summed E-state index contributed by atoms with van der Waals surface area (Å²) in [4.78, 5) is 17.6. The van der Waals surface area contributed by atoms with Gasteiger partial charge in [-0.1, -0.05) is 54.6 Å². The molecule has 0 bridgehead atoms. The number of alkyl halides is 1. The summed E-state index contributed by atoms with van der Waals surface area (Å²) in [6, 6.07) is 23.4. The second-order valence-corrected chi connectivity index (χ2v) is 7.12. The third kappa shape index (κ3) is 3.28. The first kappa shape index (κ1) is 18.8. The molecule has 2 heterocycles. The highest BCUT2D eigenvalue weighted by Gasteiger charge is 2.17. The number of nitrogens with zero attached hydrogens (tertiary/aromatic N) is 4. The highest BCUT2D eigenvalue weighted by Crippen LogP contribution is 2.26. The first-order valence-corrected chi connectivity index (χ1v) is 9.82. The largest absolute Gasteiger partial charge is 0.381 e. The zero-order chi connectivity index (χ0) is 21.4. The van der Waals surface area contributed by atoms with Crippen LogP contribution in [-0.4, -0.2) is 25.7 Å². The minimum Gasteiger partial charge on any atom is -0.381 e. The molecule has 1 atom stereocenters. The Labute approximate surface area is 176 Å². The van der Waals surface area contributed by atoms with E-state index in [1.165, 1.54) is 9.08 Å². The van der Waals surface area contributed by atoms with E-state index >= 15 is 0 Å². The molecule has 3 aromatic carbocycles. The Kier molecular flexibility index (Phi) is 4.59. The summed E-state index contributed by atoms with van der Waals surface area (Å²) in [5.74, 6) is 0.119. The van der Waals surface area contributed by atoms with Gasteiger partial charge >= 0.3 is 5.69 Å². The monoisotopic (exact) mass is 414 g/mol. The van der Waals surface area contributed by atoms with Crippen LogP contribution in [0, 0.1) is 0 Å². The Hall–Kier alpha value is -4.20. The average molecular weight is 414 g/mol. The second kappa shape index (κ2) is 7.56. The van der Waals surface area contributed by atoms with Crippen LogP contribution in [0.4, 0.5) is 15.9 Å². The molecule has 154 valence electrons. The van der Waals surface area contributed by atoms with E-state index in [0.29, 0.717) is 28.0 Å². The van der Waals surface area contributed by atoms with E-state index in [1.807, 2.05) is 24.3 Å². The summed E-state index contributed by atoms with van der Waals surface area (Å²) in [5.41, 5.74) is 8.88. The number of nitrogens with two attached hydrogens (primary N) is 1. The Bertz CT molecular complexity index is 1430. The van der Waals surface area contributed by atoms with Gasteiger partial charge in [0.05, 0.1) is 23.4 Å².